The first-order valence-corrected chi connectivity index (χ1v) is 29.8. The van der Waals surface area contributed by atoms with E-state index in [1.807, 2.05) is 0 Å². The van der Waals surface area contributed by atoms with E-state index in [0.717, 1.165) is 23.7 Å². The number of hydrogen-bond acceptors (Lipinski definition) is 0. The molecule has 0 N–H and O–H groups in total. The summed E-state index contributed by atoms with van der Waals surface area (Å²) >= 11 is 0. The molecule has 4 aromatic rings. The zero-order chi connectivity index (χ0) is 49.4. The fourth-order valence-electron chi connectivity index (χ4n) is 16.0. The highest BCUT2D eigenvalue weighted by Gasteiger charge is 2.51. The monoisotopic (exact) mass is 939 g/mol. The molecule has 0 unspecified atom stereocenters. The van der Waals surface area contributed by atoms with E-state index in [4.69, 9.17) is 0 Å². The van der Waals surface area contributed by atoms with Gasteiger partial charge in [-0.15, -0.1) is 0 Å². The molecule has 0 amide bonds. The Morgan fingerprint density at radius 2 is 0.557 bits per heavy atom. The van der Waals surface area contributed by atoms with Crippen LogP contribution in [0.1, 0.15) is 282 Å². The van der Waals surface area contributed by atoms with Gasteiger partial charge in [0.25, 0.3) is 0 Å². The standard InChI is InChI=1S/C70H98/c1-65(2,3)51-33-35-55-59(39-51)69(43-47-25-17-13-18-26-47,44-48-27-19-14-20-28-48)61-41-53(67(7,8)9)37-57(63(55)61)58-38-54(68(10,11)12)42-62-64(58)56-36-34-52(66(4,5)6)40-60(56)70(62,45-49-29-21-15-22-30-49)46-50-31-23-16-24-32-50/h33-42,47-50H,13-32,43-46H2,1-12H3. The van der Waals surface area contributed by atoms with Gasteiger partial charge < -0.3 is 0 Å². The van der Waals surface area contributed by atoms with Crippen molar-refractivity contribution in [3.05, 3.63) is 105 Å². The fourth-order valence-corrected chi connectivity index (χ4v) is 16.0. The molecule has 0 saturated heterocycles. The summed E-state index contributed by atoms with van der Waals surface area (Å²) in [7, 11) is 0. The van der Waals surface area contributed by atoms with Crippen LogP contribution in [0.5, 0.6) is 0 Å². The maximum Gasteiger partial charge on any atom is 0.0220 e. The van der Waals surface area contributed by atoms with Crippen LogP contribution in [0.2, 0.25) is 0 Å². The first-order chi connectivity index (χ1) is 33.2. The van der Waals surface area contributed by atoms with Crippen LogP contribution in [0.15, 0.2) is 60.7 Å². The molecule has 4 fully saturated rings. The fraction of sp³-hybridized carbons (Fsp3) is 0.657. The normalized spacial score (nSPS) is 21.4. The molecule has 0 atom stereocenters. The lowest BCUT2D eigenvalue weighted by Gasteiger charge is -2.41. The summed E-state index contributed by atoms with van der Waals surface area (Å²) in [6.45, 7) is 29.8. The van der Waals surface area contributed by atoms with Gasteiger partial charge in [-0.2, -0.15) is 0 Å². The molecular formula is C70H98. The van der Waals surface area contributed by atoms with E-state index in [1.54, 1.807) is 55.6 Å². The highest BCUT2D eigenvalue weighted by Crippen LogP contribution is 2.64. The lowest BCUT2D eigenvalue weighted by atomic mass is 9.62. The summed E-state index contributed by atoms with van der Waals surface area (Å²) < 4.78 is 0. The van der Waals surface area contributed by atoms with Gasteiger partial charge in [-0.3, -0.25) is 0 Å². The molecule has 0 aromatic heterocycles. The lowest BCUT2D eigenvalue weighted by molar-refractivity contribution is 0.226. The van der Waals surface area contributed by atoms with Crippen molar-refractivity contribution in [2.24, 2.45) is 23.7 Å². The molecule has 4 saturated carbocycles. The second-order valence-corrected chi connectivity index (χ2v) is 29.4. The van der Waals surface area contributed by atoms with Crippen LogP contribution in [0.25, 0.3) is 33.4 Å². The minimum absolute atomic E-state index is 0.00654. The van der Waals surface area contributed by atoms with E-state index in [9.17, 15) is 0 Å². The average Bonchev–Trinajstić information content (AvgIpc) is 3.73. The SMILES string of the molecule is CC(C)(C)c1ccc2c(c1)C(CC1CCCCC1)(CC1CCCCC1)c1cc(C(C)(C)C)cc(-c3cc(C(C)(C)C)cc4c3-c3ccc(C(C)(C)C)cc3C4(CC3CCCCC3)CC3CCCCC3)c1-2. The third-order valence-electron chi connectivity index (χ3n) is 20.1. The van der Waals surface area contributed by atoms with Crippen LogP contribution < -0.4 is 0 Å². The van der Waals surface area contributed by atoms with E-state index in [0.29, 0.717) is 0 Å². The average molecular weight is 940 g/mol. The van der Waals surface area contributed by atoms with Crippen LogP contribution in [0, 0.1) is 23.7 Å². The molecule has 378 valence electrons. The molecule has 0 bridgehead atoms. The van der Waals surface area contributed by atoms with Gasteiger partial charge in [-0.25, -0.2) is 0 Å². The van der Waals surface area contributed by atoms with E-state index in [-0.39, 0.29) is 32.5 Å². The molecule has 6 aliphatic carbocycles. The van der Waals surface area contributed by atoms with E-state index in [1.165, 1.54) is 176 Å². The second-order valence-electron chi connectivity index (χ2n) is 29.4. The van der Waals surface area contributed by atoms with Gasteiger partial charge in [0, 0.05) is 10.8 Å². The molecule has 0 heteroatoms. The van der Waals surface area contributed by atoms with Crippen LogP contribution in [0.4, 0.5) is 0 Å². The Kier molecular flexibility index (Phi) is 13.7. The summed E-state index contributed by atoms with van der Waals surface area (Å²) in [5.74, 6) is 3.14. The quantitative estimate of drug-likeness (QED) is 0.157. The first kappa shape index (κ1) is 50.4. The molecule has 0 nitrogen and oxygen atoms in total. The summed E-state index contributed by atoms with van der Waals surface area (Å²) in [6, 6.07) is 27.2. The molecule has 0 radical (unpaired) electrons. The van der Waals surface area contributed by atoms with Crippen LogP contribution in [0.3, 0.4) is 0 Å². The van der Waals surface area contributed by atoms with E-state index < -0.39 is 0 Å². The van der Waals surface area contributed by atoms with E-state index in [2.05, 4.69) is 144 Å². The van der Waals surface area contributed by atoms with Gasteiger partial charge in [0.15, 0.2) is 0 Å². The molecule has 0 spiro atoms. The number of rotatable bonds is 9. The van der Waals surface area contributed by atoms with Crippen molar-refractivity contribution in [1.82, 2.24) is 0 Å². The van der Waals surface area contributed by atoms with Crippen LogP contribution in [-0.2, 0) is 32.5 Å². The van der Waals surface area contributed by atoms with Gasteiger partial charge in [-0.1, -0.05) is 260 Å². The first-order valence-electron chi connectivity index (χ1n) is 29.8. The predicted molar refractivity (Wildman–Crippen MR) is 304 cm³/mol. The van der Waals surface area contributed by atoms with Gasteiger partial charge in [0.05, 0.1) is 0 Å². The number of fused-ring (bicyclic) bond motifs is 6. The zero-order valence-corrected chi connectivity index (χ0v) is 47.1. The minimum atomic E-state index is 0.00654. The Morgan fingerprint density at radius 3 is 0.814 bits per heavy atom. The van der Waals surface area contributed by atoms with Crippen molar-refractivity contribution in [2.45, 2.75) is 270 Å². The van der Waals surface area contributed by atoms with Crippen LogP contribution in [-0.4, -0.2) is 0 Å². The van der Waals surface area contributed by atoms with Crippen molar-refractivity contribution < 1.29 is 0 Å². The highest BCUT2D eigenvalue weighted by atomic mass is 14.5. The van der Waals surface area contributed by atoms with Crippen molar-refractivity contribution in [3.63, 3.8) is 0 Å². The molecule has 4 aromatic carbocycles. The summed E-state index contributed by atoms with van der Waals surface area (Å²) in [6.07, 6.45) is 33.4. The summed E-state index contributed by atoms with van der Waals surface area (Å²) in [4.78, 5) is 0. The lowest BCUT2D eigenvalue weighted by Crippen LogP contribution is -2.33. The molecule has 6 aliphatic rings. The maximum absolute atomic E-state index is 2.83. The number of benzene rings is 4. The largest absolute Gasteiger partial charge is 0.0579 e. The van der Waals surface area contributed by atoms with Gasteiger partial charge >= 0.3 is 0 Å². The van der Waals surface area contributed by atoms with Crippen molar-refractivity contribution >= 4 is 0 Å². The molecule has 10 rings (SSSR count). The van der Waals surface area contributed by atoms with Gasteiger partial charge in [0.1, 0.15) is 0 Å². The Morgan fingerprint density at radius 1 is 0.300 bits per heavy atom. The number of hydrogen-bond donors (Lipinski definition) is 0. The third-order valence-corrected chi connectivity index (χ3v) is 20.1. The third kappa shape index (κ3) is 9.51. The Hall–Kier alpha value is -3.12. The zero-order valence-electron chi connectivity index (χ0n) is 47.1. The van der Waals surface area contributed by atoms with E-state index >= 15 is 0 Å². The Labute approximate surface area is 429 Å². The van der Waals surface area contributed by atoms with Crippen molar-refractivity contribution in [1.29, 1.82) is 0 Å². The van der Waals surface area contributed by atoms with Gasteiger partial charge in [0.2, 0.25) is 0 Å². The predicted octanol–water partition coefficient (Wildman–Crippen LogP) is 21.0. The van der Waals surface area contributed by atoms with Crippen molar-refractivity contribution in [3.8, 4) is 33.4 Å². The van der Waals surface area contributed by atoms with Crippen LogP contribution >= 0.6 is 0 Å². The molecule has 70 heavy (non-hydrogen) atoms. The topological polar surface area (TPSA) is 0 Å². The molecular weight excluding hydrogens is 841 g/mol. The summed E-state index contributed by atoms with van der Waals surface area (Å²) in [5, 5.41) is 0. The summed E-state index contributed by atoms with van der Waals surface area (Å²) in [5.41, 5.74) is 22.6. The Balaban J connectivity index is 1.32. The van der Waals surface area contributed by atoms with Crippen molar-refractivity contribution in [2.75, 3.05) is 0 Å². The second kappa shape index (κ2) is 19.0. The molecule has 0 aliphatic heterocycles. The molecule has 0 heterocycles. The highest BCUT2D eigenvalue weighted by molar-refractivity contribution is 6.01. The maximum atomic E-state index is 2.83. The minimum Gasteiger partial charge on any atom is -0.0579 e. The van der Waals surface area contributed by atoms with Gasteiger partial charge in [-0.05, 0) is 161 Å². The smallest absolute Gasteiger partial charge is 0.0220 e. The Bertz CT molecular complexity index is 2290.